The Hall–Kier alpha value is -1.92. The van der Waals surface area contributed by atoms with E-state index >= 15 is 0 Å². The van der Waals surface area contributed by atoms with Crippen LogP contribution in [0.2, 0.25) is 5.02 Å². The van der Waals surface area contributed by atoms with Gasteiger partial charge >= 0.3 is 5.97 Å². The maximum atomic E-state index is 13.2. The lowest BCUT2D eigenvalue weighted by Crippen LogP contribution is -2.11. The molecule has 2 N–H and O–H groups in total. The molecule has 7 heteroatoms. The zero-order chi connectivity index (χ0) is 14.0. The molecule has 4 nitrogen and oxygen atoms in total. The summed E-state index contributed by atoms with van der Waals surface area (Å²) in [4.78, 5) is 22.6. The van der Waals surface area contributed by atoms with E-state index in [1.807, 2.05) is 0 Å². The number of nitrogens with one attached hydrogen (secondary N) is 1. The highest BCUT2D eigenvalue weighted by Gasteiger charge is 2.12. The normalized spacial score (nSPS) is 10.2. The number of carboxylic acid groups (broad SMARTS) is 1. The highest BCUT2D eigenvalue weighted by atomic mass is 35.5. The first kappa shape index (κ1) is 13.5. The van der Waals surface area contributed by atoms with Gasteiger partial charge in [0.2, 0.25) is 0 Å². The van der Waals surface area contributed by atoms with Crippen LogP contribution in [0.5, 0.6) is 0 Å². The Kier molecular flexibility index (Phi) is 3.82. The zero-order valence-electron chi connectivity index (χ0n) is 9.31. The molecule has 2 rings (SSSR count). The van der Waals surface area contributed by atoms with Crippen LogP contribution in [-0.2, 0) is 0 Å². The number of carbonyl (C=O) groups excluding carboxylic acids is 1. The molecule has 1 aromatic carbocycles. The Balaban J connectivity index is 2.15. The highest BCUT2D eigenvalue weighted by molar-refractivity contribution is 7.18. The number of anilines is 1. The van der Waals surface area contributed by atoms with Crippen LogP contribution < -0.4 is 5.32 Å². The quantitative estimate of drug-likeness (QED) is 0.911. The highest BCUT2D eigenvalue weighted by Crippen LogP contribution is 2.23. The van der Waals surface area contributed by atoms with Crippen LogP contribution in [0, 0.1) is 5.82 Å². The number of aromatic carboxylic acids is 1. The first-order valence-electron chi connectivity index (χ1n) is 5.07. The van der Waals surface area contributed by atoms with E-state index in [-0.39, 0.29) is 15.5 Å². The van der Waals surface area contributed by atoms with Gasteiger partial charge < -0.3 is 10.4 Å². The molecule has 0 aliphatic rings. The smallest absolute Gasteiger partial charge is 0.345 e. The molecular formula is C12H7ClFNO3S. The SMILES string of the molecule is O=C(Nc1ccc(C(=O)O)s1)c1ccc(Cl)c(F)c1. The van der Waals surface area contributed by atoms with Crippen molar-refractivity contribution in [3.05, 3.63) is 51.6 Å². The van der Waals surface area contributed by atoms with Gasteiger partial charge in [-0.3, -0.25) is 4.79 Å². The molecule has 0 saturated heterocycles. The number of hydrogen-bond acceptors (Lipinski definition) is 3. The van der Waals surface area contributed by atoms with Gasteiger partial charge in [-0.1, -0.05) is 11.6 Å². The second-order valence-corrected chi connectivity index (χ2v) is 5.04. The molecule has 1 aromatic heterocycles. The van der Waals surface area contributed by atoms with E-state index in [0.29, 0.717) is 5.00 Å². The van der Waals surface area contributed by atoms with Gasteiger partial charge in [0.15, 0.2) is 0 Å². The molecule has 1 heterocycles. The van der Waals surface area contributed by atoms with Crippen molar-refractivity contribution in [1.82, 2.24) is 0 Å². The molecule has 0 bridgehead atoms. The first-order chi connectivity index (χ1) is 8.97. The Morgan fingerprint density at radius 2 is 2.00 bits per heavy atom. The lowest BCUT2D eigenvalue weighted by molar-refractivity contribution is 0.0702. The second kappa shape index (κ2) is 5.38. The van der Waals surface area contributed by atoms with Crippen molar-refractivity contribution in [3.63, 3.8) is 0 Å². The fraction of sp³-hybridized carbons (Fsp3) is 0. The Morgan fingerprint density at radius 1 is 1.26 bits per heavy atom. The molecule has 0 radical (unpaired) electrons. The molecule has 2 aromatic rings. The van der Waals surface area contributed by atoms with Gasteiger partial charge in [-0.05, 0) is 30.3 Å². The van der Waals surface area contributed by atoms with Gasteiger partial charge in [0.25, 0.3) is 5.91 Å². The standard InChI is InChI=1S/C12H7ClFNO3S/c13-7-2-1-6(5-8(7)14)11(16)15-10-4-3-9(19-10)12(17)18/h1-5H,(H,15,16)(H,17,18). The van der Waals surface area contributed by atoms with E-state index in [4.69, 9.17) is 16.7 Å². The van der Waals surface area contributed by atoms with Crippen LogP contribution >= 0.6 is 22.9 Å². The average molecular weight is 300 g/mol. The molecule has 0 aliphatic heterocycles. The molecule has 0 fully saturated rings. The third-order valence-corrected chi connectivity index (χ3v) is 3.53. The van der Waals surface area contributed by atoms with Crippen LogP contribution in [-0.4, -0.2) is 17.0 Å². The second-order valence-electron chi connectivity index (χ2n) is 3.55. The predicted octanol–water partition coefficient (Wildman–Crippen LogP) is 3.49. The molecule has 0 atom stereocenters. The van der Waals surface area contributed by atoms with E-state index in [1.165, 1.54) is 24.3 Å². The van der Waals surface area contributed by atoms with Gasteiger partial charge in [-0.2, -0.15) is 0 Å². The number of hydrogen-bond donors (Lipinski definition) is 2. The van der Waals surface area contributed by atoms with Crippen LogP contribution in [0.15, 0.2) is 30.3 Å². The number of thiophene rings is 1. The van der Waals surface area contributed by atoms with E-state index in [9.17, 15) is 14.0 Å². The minimum Gasteiger partial charge on any atom is -0.477 e. The van der Waals surface area contributed by atoms with Crippen LogP contribution in [0.25, 0.3) is 0 Å². The minimum absolute atomic E-state index is 0.0687. The average Bonchev–Trinajstić information content (AvgIpc) is 2.81. The summed E-state index contributed by atoms with van der Waals surface area (Å²) in [6.45, 7) is 0. The number of benzene rings is 1. The minimum atomic E-state index is -1.07. The summed E-state index contributed by atoms with van der Waals surface area (Å²) in [6, 6.07) is 6.53. The third-order valence-electron chi connectivity index (χ3n) is 2.24. The van der Waals surface area contributed by atoms with Gasteiger partial charge in [0.05, 0.1) is 10.0 Å². The summed E-state index contributed by atoms with van der Waals surface area (Å²) in [5.74, 6) is -2.29. The lowest BCUT2D eigenvalue weighted by Gasteiger charge is -2.03. The number of carboxylic acids is 1. The molecule has 0 spiro atoms. The van der Waals surface area contributed by atoms with Crippen LogP contribution in [0.1, 0.15) is 20.0 Å². The summed E-state index contributed by atoms with van der Waals surface area (Å²) in [5.41, 5.74) is 0.104. The van der Waals surface area contributed by atoms with Crippen molar-refractivity contribution in [3.8, 4) is 0 Å². The van der Waals surface area contributed by atoms with Crippen molar-refractivity contribution in [2.75, 3.05) is 5.32 Å². The zero-order valence-corrected chi connectivity index (χ0v) is 10.9. The van der Waals surface area contributed by atoms with Gasteiger partial charge in [0, 0.05) is 5.56 Å². The number of amides is 1. The molecule has 98 valence electrons. The van der Waals surface area contributed by atoms with Gasteiger partial charge in [-0.25, -0.2) is 9.18 Å². The molecular weight excluding hydrogens is 293 g/mol. The predicted molar refractivity (Wildman–Crippen MR) is 70.6 cm³/mol. The maximum absolute atomic E-state index is 13.2. The molecule has 19 heavy (non-hydrogen) atoms. The van der Waals surface area contributed by atoms with Crippen molar-refractivity contribution in [1.29, 1.82) is 0 Å². The largest absolute Gasteiger partial charge is 0.477 e. The molecule has 1 amide bonds. The number of halogens is 2. The van der Waals surface area contributed by atoms with Gasteiger partial charge in [0.1, 0.15) is 10.7 Å². The van der Waals surface area contributed by atoms with Crippen molar-refractivity contribution in [2.24, 2.45) is 0 Å². The van der Waals surface area contributed by atoms with Crippen molar-refractivity contribution >= 4 is 39.8 Å². The van der Waals surface area contributed by atoms with E-state index in [2.05, 4.69) is 5.32 Å². The monoisotopic (exact) mass is 299 g/mol. The Bertz CT molecular complexity index is 656. The lowest BCUT2D eigenvalue weighted by atomic mass is 10.2. The molecule has 0 aliphatic carbocycles. The Morgan fingerprint density at radius 3 is 2.58 bits per heavy atom. The van der Waals surface area contributed by atoms with Gasteiger partial charge in [-0.15, -0.1) is 11.3 Å². The summed E-state index contributed by atoms with van der Waals surface area (Å²) in [7, 11) is 0. The van der Waals surface area contributed by atoms with Crippen LogP contribution in [0.3, 0.4) is 0 Å². The van der Waals surface area contributed by atoms with Crippen molar-refractivity contribution < 1.29 is 19.1 Å². The van der Waals surface area contributed by atoms with E-state index < -0.39 is 17.7 Å². The maximum Gasteiger partial charge on any atom is 0.345 e. The summed E-state index contributed by atoms with van der Waals surface area (Å²) >= 11 is 6.43. The molecule has 0 unspecified atom stereocenters. The van der Waals surface area contributed by atoms with Crippen molar-refractivity contribution in [2.45, 2.75) is 0 Å². The summed E-state index contributed by atoms with van der Waals surface area (Å²) in [5, 5.41) is 11.5. The number of carbonyl (C=O) groups is 2. The van der Waals surface area contributed by atoms with E-state index in [0.717, 1.165) is 17.4 Å². The van der Waals surface area contributed by atoms with E-state index in [1.54, 1.807) is 0 Å². The summed E-state index contributed by atoms with van der Waals surface area (Å²) < 4.78 is 13.2. The third kappa shape index (κ3) is 3.10. The fourth-order valence-electron chi connectivity index (χ4n) is 1.34. The first-order valence-corrected chi connectivity index (χ1v) is 6.26. The number of rotatable bonds is 3. The topological polar surface area (TPSA) is 66.4 Å². The fourth-order valence-corrected chi connectivity index (χ4v) is 2.20. The molecule has 0 saturated carbocycles. The van der Waals surface area contributed by atoms with Crippen LogP contribution in [0.4, 0.5) is 9.39 Å². The Labute approximate surface area is 116 Å². The summed E-state index contributed by atoms with van der Waals surface area (Å²) in [6.07, 6.45) is 0.